The van der Waals surface area contributed by atoms with Crippen molar-refractivity contribution in [2.75, 3.05) is 7.11 Å². The second-order valence-electron chi connectivity index (χ2n) is 3.08. The van der Waals surface area contributed by atoms with Crippen molar-refractivity contribution in [3.63, 3.8) is 0 Å². The van der Waals surface area contributed by atoms with E-state index in [-0.39, 0.29) is 36.9 Å². The van der Waals surface area contributed by atoms with Crippen LogP contribution in [0, 0.1) is 0 Å². The molecule has 0 aliphatic heterocycles. The molecule has 0 unspecified atom stereocenters. The molecular weight excluding hydrogens is 234 g/mol. The van der Waals surface area contributed by atoms with Crippen LogP contribution >= 0.6 is 12.4 Å². The Morgan fingerprint density at radius 2 is 2.12 bits per heavy atom. The van der Waals surface area contributed by atoms with Crippen LogP contribution in [0.4, 0.5) is 0 Å². The van der Waals surface area contributed by atoms with Crippen LogP contribution in [-0.2, 0) is 17.8 Å². The first kappa shape index (κ1) is 14.5. The summed E-state index contributed by atoms with van der Waals surface area (Å²) in [5, 5.41) is 18.3. The van der Waals surface area contributed by atoms with Gasteiger partial charge in [0.1, 0.15) is 0 Å². The molecule has 0 bridgehead atoms. The molecule has 0 saturated heterocycles. The van der Waals surface area contributed by atoms with Crippen LogP contribution in [0.15, 0.2) is 12.1 Å². The molecule has 0 aromatic heterocycles. The fraction of sp³-hybridized carbons (Fsp3) is 0.300. The van der Waals surface area contributed by atoms with E-state index in [0.717, 1.165) is 5.56 Å². The van der Waals surface area contributed by atoms with Crippen LogP contribution in [0.5, 0.6) is 11.5 Å². The Labute approximate surface area is 99.2 Å². The molecule has 0 saturated carbocycles. The van der Waals surface area contributed by atoms with E-state index in [4.69, 9.17) is 15.6 Å². The summed E-state index contributed by atoms with van der Waals surface area (Å²) >= 11 is 0. The number of carboxylic acids is 1. The fourth-order valence-corrected chi connectivity index (χ4v) is 1.30. The molecule has 5 nitrogen and oxygen atoms in total. The Morgan fingerprint density at radius 3 is 2.56 bits per heavy atom. The lowest BCUT2D eigenvalue weighted by Crippen LogP contribution is -2.04. The molecule has 1 rings (SSSR count). The van der Waals surface area contributed by atoms with Crippen molar-refractivity contribution < 1.29 is 19.7 Å². The first-order chi connectivity index (χ1) is 7.08. The zero-order valence-electron chi connectivity index (χ0n) is 8.77. The van der Waals surface area contributed by atoms with Crippen molar-refractivity contribution in [1.29, 1.82) is 0 Å². The third-order valence-electron chi connectivity index (χ3n) is 2.01. The number of halogens is 1. The molecule has 0 amide bonds. The van der Waals surface area contributed by atoms with Gasteiger partial charge in [-0.3, -0.25) is 4.79 Å². The maximum atomic E-state index is 10.5. The van der Waals surface area contributed by atoms with Gasteiger partial charge in [0.25, 0.3) is 0 Å². The summed E-state index contributed by atoms with van der Waals surface area (Å²) in [6.07, 6.45) is -0.254. The van der Waals surface area contributed by atoms with Crippen molar-refractivity contribution in [3.05, 3.63) is 23.3 Å². The van der Waals surface area contributed by atoms with Gasteiger partial charge in [0.15, 0.2) is 11.5 Å². The Morgan fingerprint density at radius 1 is 1.50 bits per heavy atom. The number of hydrogen-bond donors (Lipinski definition) is 3. The van der Waals surface area contributed by atoms with Gasteiger partial charge in [-0.1, -0.05) is 0 Å². The molecule has 90 valence electrons. The molecule has 16 heavy (non-hydrogen) atoms. The zero-order valence-corrected chi connectivity index (χ0v) is 9.58. The Hall–Kier alpha value is -1.46. The molecule has 0 aliphatic rings. The minimum atomic E-state index is -1.01. The number of methoxy groups -OCH3 is 1. The van der Waals surface area contributed by atoms with E-state index in [0.29, 0.717) is 5.56 Å². The molecule has 0 atom stereocenters. The van der Waals surface area contributed by atoms with E-state index in [1.807, 2.05) is 0 Å². The second kappa shape index (κ2) is 6.19. The highest BCUT2D eigenvalue weighted by Crippen LogP contribution is 2.31. The average molecular weight is 248 g/mol. The van der Waals surface area contributed by atoms with E-state index >= 15 is 0 Å². The van der Waals surface area contributed by atoms with Crippen molar-refractivity contribution in [2.24, 2.45) is 5.73 Å². The smallest absolute Gasteiger partial charge is 0.307 e. The van der Waals surface area contributed by atoms with E-state index < -0.39 is 5.97 Å². The molecule has 0 radical (unpaired) electrons. The highest BCUT2D eigenvalue weighted by molar-refractivity contribution is 5.85. The van der Waals surface area contributed by atoms with E-state index in [1.165, 1.54) is 7.11 Å². The molecule has 4 N–H and O–H groups in total. The van der Waals surface area contributed by atoms with E-state index in [1.54, 1.807) is 12.1 Å². The number of aliphatic carboxylic acids is 1. The van der Waals surface area contributed by atoms with Crippen LogP contribution in [0.2, 0.25) is 0 Å². The topological polar surface area (TPSA) is 92.8 Å². The molecule has 6 heteroatoms. The number of phenols is 1. The van der Waals surface area contributed by atoms with Gasteiger partial charge in [0.05, 0.1) is 13.5 Å². The zero-order chi connectivity index (χ0) is 11.4. The van der Waals surface area contributed by atoms with E-state index in [2.05, 4.69) is 0 Å². The van der Waals surface area contributed by atoms with Crippen LogP contribution in [-0.4, -0.2) is 23.3 Å². The van der Waals surface area contributed by atoms with E-state index in [9.17, 15) is 9.90 Å². The number of aromatic hydroxyl groups is 1. The first-order valence-corrected chi connectivity index (χ1v) is 4.39. The van der Waals surface area contributed by atoms with Crippen LogP contribution < -0.4 is 10.5 Å². The third-order valence-corrected chi connectivity index (χ3v) is 2.01. The van der Waals surface area contributed by atoms with Crippen LogP contribution in [0.1, 0.15) is 11.1 Å². The number of carbonyl (C=O) groups is 1. The monoisotopic (exact) mass is 247 g/mol. The van der Waals surface area contributed by atoms with Gasteiger partial charge >= 0.3 is 5.97 Å². The van der Waals surface area contributed by atoms with Crippen molar-refractivity contribution in [1.82, 2.24) is 0 Å². The maximum Gasteiger partial charge on any atom is 0.307 e. The summed E-state index contributed by atoms with van der Waals surface area (Å²) in [5.41, 5.74) is 6.47. The van der Waals surface area contributed by atoms with Gasteiger partial charge < -0.3 is 20.7 Å². The van der Waals surface area contributed by atoms with Crippen LogP contribution in [0.3, 0.4) is 0 Å². The van der Waals surface area contributed by atoms with Gasteiger partial charge in [-0.25, -0.2) is 0 Å². The quantitative estimate of drug-likeness (QED) is 0.735. The van der Waals surface area contributed by atoms with Gasteiger partial charge in [-0.15, -0.1) is 12.4 Å². The SMILES string of the molecule is COc1cc(CN)cc(CC(=O)O)c1O.Cl. The first-order valence-electron chi connectivity index (χ1n) is 4.39. The summed E-state index contributed by atoms with van der Waals surface area (Å²) in [4.78, 5) is 10.5. The lowest BCUT2D eigenvalue weighted by Gasteiger charge is -2.09. The molecule has 0 fully saturated rings. The molecular formula is C10H14ClNO4. The third kappa shape index (κ3) is 3.29. The largest absolute Gasteiger partial charge is 0.504 e. The van der Waals surface area contributed by atoms with Gasteiger partial charge in [0, 0.05) is 12.1 Å². The normalized spacial score (nSPS) is 9.38. The number of hydrogen-bond acceptors (Lipinski definition) is 4. The van der Waals surface area contributed by atoms with Crippen molar-refractivity contribution in [3.8, 4) is 11.5 Å². The van der Waals surface area contributed by atoms with Crippen molar-refractivity contribution >= 4 is 18.4 Å². The predicted octanol–water partition coefficient (Wildman–Crippen LogP) is 0.908. The fourth-order valence-electron chi connectivity index (χ4n) is 1.30. The predicted molar refractivity (Wildman–Crippen MR) is 61.1 cm³/mol. The number of carboxylic acid groups (broad SMARTS) is 1. The van der Waals surface area contributed by atoms with Gasteiger partial charge in [-0.05, 0) is 17.7 Å². The molecule has 1 aromatic rings. The second-order valence-corrected chi connectivity index (χ2v) is 3.08. The molecule has 0 heterocycles. The highest BCUT2D eigenvalue weighted by Gasteiger charge is 2.12. The summed E-state index contributed by atoms with van der Waals surface area (Å²) in [6, 6.07) is 3.15. The highest BCUT2D eigenvalue weighted by atomic mass is 35.5. The number of ether oxygens (including phenoxy) is 1. The maximum absolute atomic E-state index is 10.5. The molecule has 0 aliphatic carbocycles. The Bertz CT molecular complexity index is 381. The van der Waals surface area contributed by atoms with Gasteiger partial charge in [-0.2, -0.15) is 0 Å². The Balaban J connectivity index is 0.00000225. The van der Waals surface area contributed by atoms with Gasteiger partial charge in [0.2, 0.25) is 0 Å². The average Bonchev–Trinajstić information content (AvgIpc) is 2.20. The molecule has 1 aromatic carbocycles. The minimum absolute atomic E-state index is 0. The summed E-state index contributed by atoms with van der Waals surface area (Å²) in [6.45, 7) is 0.267. The minimum Gasteiger partial charge on any atom is -0.504 e. The van der Waals surface area contributed by atoms with Crippen LogP contribution in [0.25, 0.3) is 0 Å². The molecule has 0 spiro atoms. The number of rotatable bonds is 4. The summed E-state index contributed by atoms with van der Waals surface area (Å²) in [5.74, 6) is -0.909. The number of phenolic OH excluding ortho intramolecular Hbond substituents is 1. The standard InChI is InChI=1S/C10H13NO4.ClH/c1-15-8-3-6(5-11)2-7(10(8)14)4-9(12)13;/h2-3,14H,4-5,11H2,1H3,(H,12,13);1H. The summed E-state index contributed by atoms with van der Waals surface area (Å²) in [7, 11) is 1.40. The summed E-state index contributed by atoms with van der Waals surface area (Å²) < 4.78 is 4.91. The van der Waals surface area contributed by atoms with Crippen molar-refractivity contribution in [2.45, 2.75) is 13.0 Å². The number of benzene rings is 1. The Kier molecular flexibility index (Phi) is 5.63. The lowest BCUT2D eigenvalue weighted by atomic mass is 10.1. The number of nitrogens with two attached hydrogens (primary N) is 1. The lowest BCUT2D eigenvalue weighted by molar-refractivity contribution is -0.136.